The number of benzene rings is 1. The molecule has 0 aliphatic rings. The third-order valence-corrected chi connectivity index (χ3v) is 7.28. The van der Waals surface area contributed by atoms with Gasteiger partial charge in [0.1, 0.15) is 0 Å². The van der Waals surface area contributed by atoms with Crippen molar-refractivity contribution in [1.29, 1.82) is 0 Å². The molecule has 0 saturated carbocycles. The molecule has 0 radical (unpaired) electrons. The molecule has 0 bridgehead atoms. The second-order valence-corrected chi connectivity index (χ2v) is 7.66. The molecule has 2 heteroatoms. The van der Waals surface area contributed by atoms with Crippen LogP contribution in [0.5, 0.6) is 0 Å². The van der Waals surface area contributed by atoms with Crippen molar-refractivity contribution in [1.82, 2.24) is 0 Å². The van der Waals surface area contributed by atoms with Crippen LogP contribution in [0.4, 0.5) is 0 Å². The Kier molecular flexibility index (Phi) is 3.90. The summed E-state index contributed by atoms with van der Waals surface area (Å²) in [5.74, 6) is 0. The van der Waals surface area contributed by atoms with Crippen molar-refractivity contribution < 1.29 is 4.52 Å². The van der Waals surface area contributed by atoms with Crippen LogP contribution in [-0.2, 0) is 4.52 Å². The minimum atomic E-state index is -1.59. The summed E-state index contributed by atoms with van der Waals surface area (Å²) >= 11 is 0. The Hall–Kier alpha value is -0.390. The Morgan fingerprint density at radius 2 is 1.62 bits per heavy atom. The van der Waals surface area contributed by atoms with E-state index < -0.39 is 7.49 Å². The fourth-order valence-electron chi connectivity index (χ4n) is 1.81. The molecule has 1 aromatic rings. The molecular weight excluding hydrogens is 179 g/mol. The van der Waals surface area contributed by atoms with E-state index in [0.717, 1.165) is 12.3 Å². The standard InChI is InChI=1S/C11H19OP/c1-4-13(5-2,12-3)11-9-7-6-8-10-11/h6-10,13H,4-5H2,1-3H3. The van der Waals surface area contributed by atoms with E-state index in [9.17, 15) is 0 Å². The van der Waals surface area contributed by atoms with Gasteiger partial charge in [-0.3, -0.25) is 0 Å². The summed E-state index contributed by atoms with van der Waals surface area (Å²) in [7, 11) is 0.260. The van der Waals surface area contributed by atoms with E-state index in [-0.39, 0.29) is 0 Å². The Bertz CT molecular complexity index is 233. The number of hydrogen-bond donors (Lipinski definition) is 0. The van der Waals surface area contributed by atoms with Gasteiger partial charge in [0, 0.05) is 0 Å². The van der Waals surface area contributed by atoms with Gasteiger partial charge in [0.25, 0.3) is 0 Å². The first-order valence-electron chi connectivity index (χ1n) is 4.89. The SMILES string of the molecule is CC[PH](CC)(OC)c1ccccc1. The van der Waals surface area contributed by atoms with Crippen LogP contribution in [0, 0.1) is 0 Å². The van der Waals surface area contributed by atoms with Gasteiger partial charge < -0.3 is 0 Å². The average molecular weight is 198 g/mol. The molecule has 0 atom stereocenters. The molecule has 0 fully saturated rings. The minimum absolute atomic E-state index is 1.16. The van der Waals surface area contributed by atoms with Crippen molar-refractivity contribution in [3.8, 4) is 0 Å². The van der Waals surface area contributed by atoms with E-state index in [1.54, 1.807) is 0 Å². The first-order chi connectivity index (χ1) is 6.29. The van der Waals surface area contributed by atoms with Crippen LogP contribution in [0.1, 0.15) is 13.8 Å². The zero-order valence-corrected chi connectivity index (χ0v) is 9.71. The van der Waals surface area contributed by atoms with Crippen LogP contribution in [-0.4, -0.2) is 19.4 Å². The van der Waals surface area contributed by atoms with Gasteiger partial charge in [-0.05, 0) is 0 Å². The summed E-state index contributed by atoms with van der Waals surface area (Å²) in [5.41, 5.74) is 0. The Labute approximate surface area is 81.5 Å². The second-order valence-electron chi connectivity index (χ2n) is 3.27. The third kappa shape index (κ3) is 2.10. The molecule has 0 spiro atoms. The Morgan fingerprint density at radius 1 is 1.08 bits per heavy atom. The molecule has 0 amide bonds. The van der Waals surface area contributed by atoms with Crippen LogP contribution in [0.2, 0.25) is 0 Å². The van der Waals surface area contributed by atoms with Crippen LogP contribution in [0.25, 0.3) is 0 Å². The molecule has 0 saturated heterocycles. The normalized spacial score (nSPS) is 12.8. The number of hydrogen-bond acceptors (Lipinski definition) is 1. The molecule has 74 valence electrons. The first kappa shape index (κ1) is 10.7. The molecule has 0 N–H and O–H groups in total. The fourth-order valence-corrected chi connectivity index (χ4v) is 4.74. The van der Waals surface area contributed by atoms with Gasteiger partial charge in [0.2, 0.25) is 0 Å². The quantitative estimate of drug-likeness (QED) is 0.676. The maximum absolute atomic E-state index is 5.76. The van der Waals surface area contributed by atoms with E-state index in [0.29, 0.717) is 0 Å². The van der Waals surface area contributed by atoms with E-state index >= 15 is 0 Å². The molecule has 0 heterocycles. The van der Waals surface area contributed by atoms with Crippen LogP contribution >= 0.6 is 7.49 Å². The van der Waals surface area contributed by atoms with Gasteiger partial charge in [-0.25, -0.2) is 0 Å². The Balaban J connectivity index is 3.01. The van der Waals surface area contributed by atoms with Crippen molar-refractivity contribution in [2.45, 2.75) is 13.8 Å². The third-order valence-electron chi connectivity index (χ3n) is 2.83. The van der Waals surface area contributed by atoms with E-state index in [4.69, 9.17) is 4.52 Å². The molecule has 1 aromatic carbocycles. The van der Waals surface area contributed by atoms with E-state index in [1.807, 2.05) is 7.11 Å². The topological polar surface area (TPSA) is 9.23 Å². The summed E-state index contributed by atoms with van der Waals surface area (Å²) in [5, 5.41) is 1.42. The summed E-state index contributed by atoms with van der Waals surface area (Å²) in [6, 6.07) is 10.7. The van der Waals surface area contributed by atoms with E-state index in [2.05, 4.69) is 44.2 Å². The molecule has 0 aliphatic heterocycles. The van der Waals surface area contributed by atoms with Gasteiger partial charge in [-0.15, -0.1) is 0 Å². The van der Waals surface area contributed by atoms with Crippen molar-refractivity contribution in [3.05, 3.63) is 30.3 Å². The molecular formula is C11H19OP. The summed E-state index contributed by atoms with van der Waals surface area (Å²) < 4.78 is 5.76. The molecule has 0 aromatic heterocycles. The summed E-state index contributed by atoms with van der Waals surface area (Å²) in [6.07, 6.45) is 2.31. The van der Waals surface area contributed by atoms with Crippen molar-refractivity contribution in [3.63, 3.8) is 0 Å². The second kappa shape index (κ2) is 4.74. The van der Waals surface area contributed by atoms with Crippen LogP contribution < -0.4 is 5.30 Å². The molecule has 0 aliphatic carbocycles. The van der Waals surface area contributed by atoms with Crippen molar-refractivity contribution >= 4 is 12.8 Å². The van der Waals surface area contributed by atoms with Crippen molar-refractivity contribution in [2.75, 3.05) is 19.4 Å². The molecule has 0 unspecified atom stereocenters. The molecule has 13 heavy (non-hydrogen) atoms. The maximum atomic E-state index is 5.76. The van der Waals surface area contributed by atoms with Gasteiger partial charge in [-0.2, -0.15) is 0 Å². The van der Waals surface area contributed by atoms with Gasteiger partial charge in [-0.1, -0.05) is 0 Å². The van der Waals surface area contributed by atoms with E-state index in [1.165, 1.54) is 5.30 Å². The Morgan fingerprint density at radius 3 is 2.00 bits per heavy atom. The molecule has 1 nitrogen and oxygen atoms in total. The summed E-state index contributed by atoms with van der Waals surface area (Å²) in [6.45, 7) is 4.46. The monoisotopic (exact) mass is 198 g/mol. The number of rotatable bonds is 4. The predicted molar refractivity (Wildman–Crippen MR) is 62.5 cm³/mol. The molecule has 1 rings (SSSR count). The average Bonchev–Trinajstić information content (AvgIpc) is 2.23. The summed E-state index contributed by atoms with van der Waals surface area (Å²) in [4.78, 5) is 0. The fraction of sp³-hybridized carbons (Fsp3) is 0.455. The first-order valence-corrected chi connectivity index (χ1v) is 7.22. The predicted octanol–water partition coefficient (Wildman–Crippen LogP) is 2.66. The zero-order chi connectivity index (χ0) is 9.73. The van der Waals surface area contributed by atoms with Gasteiger partial charge in [0.15, 0.2) is 0 Å². The van der Waals surface area contributed by atoms with Crippen molar-refractivity contribution in [2.24, 2.45) is 0 Å². The van der Waals surface area contributed by atoms with Crippen LogP contribution in [0.3, 0.4) is 0 Å². The van der Waals surface area contributed by atoms with Gasteiger partial charge in [0.05, 0.1) is 0 Å². The van der Waals surface area contributed by atoms with Gasteiger partial charge >= 0.3 is 80.9 Å². The van der Waals surface area contributed by atoms with Crippen LogP contribution in [0.15, 0.2) is 30.3 Å². The zero-order valence-electron chi connectivity index (χ0n) is 8.71.